The van der Waals surface area contributed by atoms with Crippen LogP contribution in [0.15, 0.2) is 0 Å². The van der Waals surface area contributed by atoms with Crippen LogP contribution in [0.5, 0.6) is 0 Å². The van der Waals surface area contributed by atoms with Crippen LogP contribution in [0.1, 0.15) is 40.5 Å². The monoisotopic (exact) mass is 242 g/mol. The average Bonchev–Trinajstić information content (AvgIpc) is 2.48. The first-order valence-corrected chi connectivity index (χ1v) is 5.95. The van der Waals surface area contributed by atoms with Gasteiger partial charge in [-0.15, -0.1) is 0 Å². The fourth-order valence-electron chi connectivity index (χ4n) is 1.83. The second-order valence-corrected chi connectivity index (χ2v) is 5.25. The zero-order chi connectivity index (χ0) is 13.3. The molecule has 0 aromatic carbocycles. The van der Waals surface area contributed by atoms with E-state index in [9.17, 15) is 9.59 Å². The third-order valence-electron chi connectivity index (χ3n) is 3.73. The Balaban J connectivity index is 2.75. The fourth-order valence-corrected chi connectivity index (χ4v) is 1.83. The van der Waals surface area contributed by atoms with Crippen LogP contribution in [-0.4, -0.2) is 41.6 Å². The lowest BCUT2D eigenvalue weighted by Gasteiger charge is -2.33. The number of amides is 3. The molecule has 1 fully saturated rings. The summed E-state index contributed by atoms with van der Waals surface area (Å²) in [5, 5.41) is 2.37. The Kier molecular flexibility index (Phi) is 3.81. The molecule has 98 valence electrons. The molecule has 1 N–H and O–H groups in total. The van der Waals surface area contributed by atoms with Gasteiger partial charge < -0.3 is 9.64 Å². The molecule has 1 heterocycles. The summed E-state index contributed by atoms with van der Waals surface area (Å²) >= 11 is 0. The molecular weight excluding hydrogens is 220 g/mol. The third-order valence-corrected chi connectivity index (χ3v) is 3.73. The van der Waals surface area contributed by atoms with Crippen molar-refractivity contribution in [2.75, 3.05) is 13.7 Å². The van der Waals surface area contributed by atoms with Crippen LogP contribution in [-0.2, 0) is 9.53 Å². The first-order chi connectivity index (χ1) is 7.77. The van der Waals surface area contributed by atoms with Crippen LogP contribution < -0.4 is 5.32 Å². The highest BCUT2D eigenvalue weighted by Gasteiger charge is 2.47. The molecule has 5 nitrogen and oxygen atoms in total. The van der Waals surface area contributed by atoms with E-state index in [1.165, 1.54) is 0 Å². The van der Waals surface area contributed by atoms with E-state index in [-0.39, 0.29) is 17.5 Å². The van der Waals surface area contributed by atoms with Gasteiger partial charge in [0.25, 0.3) is 5.91 Å². The quantitative estimate of drug-likeness (QED) is 0.744. The van der Waals surface area contributed by atoms with Gasteiger partial charge in [0.05, 0.1) is 5.60 Å². The van der Waals surface area contributed by atoms with Crippen LogP contribution in [0.2, 0.25) is 0 Å². The van der Waals surface area contributed by atoms with Crippen LogP contribution in [0, 0.1) is 0 Å². The second kappa shape index (κ2) is 4.64. The molecule has 1 saturated heterocycles. The second-order valence-electron chi connectivity index (χ2n) is 5.25. The molecule has 0 aromatic heterocycles. The van der Waals surface area contributed by atoms with Crippen molar-refractivity contribution < 1.29 is 14.3 Å². The normalized spacial score (nSPS) is 25.4. The molecule has 1 aliphatic rings. The maximum atomic E-state index is 11.7. The molecule has 5 heteroatoms. The molecule has 1 unspecified atom stereocenters. The summed E-state index contributed by atoms with van der Waals surface area (Å²) in [6, 6.07) is -0.300. The maximum Gasteiger partial charge on any atom is 0.325 e. The molecule has 0 bridgehead atoms. The zero-order valence-electron chi connectivity index (χ0n) is 11.3. The molecular formula is C12H22N2O3. The van der Waals surface area contributed by atoms with Gasteiger partial charge in [-0.05, 0) is 33.6 Å². The number of carbonyl (C=O) groups excluding carboxylic acids is 2. The Morgan fingerprint density at radius 3 is 2.47 bits per heavy atom. The predicted octanol–water partition coefficient (Wildman–Crippen LogP) is 1.52. The van der Waals surface area contributed by atoms with Crippen molar-refractivity contribution in [2.24, 2.45) is 0 Å². The van der Waals surface area contributed by atoms with E-state index in [1.54, 1.807) is 18.9 Å². The van der Waals surface area contributed by atoms with Gasteiger partial charge in [-0.2, -0.15) is 0 Å². The van der Waals surface area contributed by atoms with Gasteiger partial charge >= 0.3 is 6.03 Å². The summed E-state index contributed by atoms with van der Waals surface area (Å²) < 4.78 is 5.32. The molecule has 0 spiro atoms. The fraction of sp³-hybridized carbons (Fsp3) is 0.833. The lowest BCUT2D eigenvalue weighted by atomic mass is 9.96. The van der Waals surface area contributed by atoms with Crippen molar-refractivity contribution in [3.63, 3.8) is 0 Å². The molecule has 1 rings (SSSR count). The van der Waals surface area contributed by atoms with Gasteiger partial charge in [0.1, 0.15) is 5.54 Å². The van der Waals surface area contributed by atoms with Crippen LogP contribution in [0.3, 0.4) is 0 Å². The molecule has 1 aliphatic heterocycles. The number of methoxy groups -OCH3 is 1. The predicted molar refractivity (Wildman–Crippen MR) is 64.6 cm³/mol. The number of nitrogens with zero attached hydrogens (tertiary/aromatic N) is 1. The lowest BCUT2D eigenvalue weighted by molar-refractivity contribution is -0.126. The first kappa shape index (κ1) is 14.0. The number of carbonyl (C=O) groups is 2. The van der Waals surface area contributed by atoms with Gasteiger partial charge in [-0.3, -0.25) is 10.1 Å². The third kappa shape index (κ3) is 2.60. The Hall–Kier alpha value is -1.10. The smallest absolute Gasteiger partial charge is 0.325 e. The topological polar surface area (TPSA) is 58.6 Å². The van der Waals surface area contributed by atoms with Crippen molar-refractivity contribution in [1.82, 2.24) is 10.2 Å². The van der Waals surface area contributed by atoms with Crippen molar-refractivity contribution in [1.29, 1.82) is 0 Å². The van der Waals surface area contributed by atoms with E-state index < -0.39 is 5.54 Å². The highest BCUT2D eigenvalue weighted by atomic mass is 16.5. The highest BCUT2D eigenvalue weighted by Crippen LogP contribution is 2.26. The molecule has 0 aliphatic carbocycles. The van der Waals surface area contributed by atoms with Gasteiger partial charge in [0, 0.05) is 13.7 Å². The van der Waals surface area contributed by atoms with Gasteiger partial charge in [-0.25, -0.2) is 4.79 Å². The van der Waals surface area contributed by atoms with Gasteiger partial charge in [-0.1, -0.05) is 6.92 Å². The van der Waals surface area contributed by atoms with Crippen LogP contribution in [0.4, 0.5) is 4.79 Å². The van der Waals surface area contributed by atoms with Crippen LogP contribution in [0.25, 0.3) is 0 Å². The van der Waals surface area contributed by atoms with E-state index in [1.807, 2.05) is 20.8 Å². The zero-order valence-corrected chi connectivity index (χ0v) is 11.3. The van der Waals surface area contributed by atoms with Crippen molar-refractivity contribution in [2.45, 2.75) is 51.7 Å². The molecule has 3 amide bonds. The number of rotatable bonds is 5. The van der Waals surface area contributed by atoms with Crippen molar-refractivity contribution in [3.8, 4) is 0 Å². The Labute approximate surface area is 102 Å². The SMILES string of the molecule is CCC1(C)C(=O)NC(=O)N1CCC(C)(C)OC. The summed E-state index contributed by atoms with van der Waals surface area (Å²) in [5.41, 5.74) is -1.01. The number of hydrogen-bond acceptors (Lipinski definition) is 3. The molecule has 1 atom stereocenters. The largest absolute Gasteiger partial charge is 0.379 e. The molecule has 0 radical (unpaired) electrons. The average molecular weight is 242 g/mol. The summed E-state index contributed by atoms with van der Waals surface area (Å²) in [5.74, 6) is -0.208. The lowest BCUT2D eigenvalue weighted by Crippen LogP contribution is -2.48. The Bertz CT molecular complexity index is 328. The Morgan fingerprint density at radius 2 is 2.00 bits per heavy atom. The standard InChI is InChI=1S/C12H22N2O3/c1-6-12(4)9(15)13-10(16)14(12)8-7-11(2,3)17-5/h6-8H2,1-5H3,(H,13,15,16). The number of ether oxygens (including phenoxy) is 1. The summed E-state index contributed by atoms with van der Waals surface area (Å²) in [7, 11) is 1.65. The minimum atomic E-state index is -0.721. The summed E-state index contributed by atoms with van der Waals surface area (Å²) in [6.07, 6.45) is 1.30. The highest BCUT2D eigenvalue weighted by molar-refractivity contribution is 6.06. The first-order valence-electron chi connectivity index (χ1n) is 5.95. The van der Waals surface area contributed by atoms with Crippen molar-refractivity contribution >= 4 is 11.9 Å². The maximum absolute atomic E-state index is 11.7. The Morgan fingerprint density at radius 1 is 1.41 bits per heavy atom. The summed E-state index contributed by atoms with van der Waals surface area (Å²) in [6.45, 7) is 8.15. The van der Waals surface area contributed by atoms with Crippen LogP contribution >= 0.6 is 0 Å². The minimum Gasteiger partial charge on any atom is -0.379 e. The molecule has 0 saturated carbocycles. The molecule has 0 aromatic rings. The number of imide groups is 1. The van der Waals surface area contributed by atoms with Gasteiger partial charge in [0.2, 0.25) is 0 Å². The van der Waals surface area contributed by atoms with E-state index in [2.05, 4.69) is 5.32 Å². The van der Waals surface area contributed by atoms with E-state index in [0.29, 0.717) is 19.4 Å². The number of nitrogens with one attached hydrogen (secondary N) is 1. The van der Waals surface area contributed by atoms with E-state index in [4.69, 9.17) is 4.74 Å². The minimum absolute atomic E-state index is 0.208. The van der Waals surface area contributed by atoms with Crippen molar-refractivity contribution in [3.05, 3.63) is 0 Å². The number of urea groups is 1. The molecule has 17 heavy (non-hydrogen) atoms. The number of hydrogen-bond donors (Lipinski definition) is 1. The van der Waals surface area contributed by atoms with E-state index in [0.717, 1.165) is 0 Å². The van der Waals surface area contributed by atoms with Gasteiger partial charge in [0.15, 0.2) is 0 Å². The summed E-state index contributed by atoms with van der Waals surface area (Å²) in [4.78, 5) is 25.1. The van der Waals surface area contributed by atoms with E-state index >= 15 is 0 Å².